The molecule has 1 saturated heterocycles. The Morgan fingerprint density at radius 3 is 2.57 bits per heavy atom. The third-order valence-corrected chi connectivity index (χ3v) is 6.15. The number of pyridine rings is 1. The van der Waals surface area contributed by atoms with E-state index in [1.165, 1.54) is 6.42 Å². The maximum absolute atomic E-state index is 12.4. The molecule has 2 heterocycles. The lowest BCUT2D eigenvalue weighted by atomic mass is 9.93. The van der Waals surface area contributed by atoms with Gasteiger partial charge in [-0.3, -0.25) is 0 Å². The summed E-state index contributed by atoms with van der Waals surface area (Å²) in [6.45, 7) is 1.93. The first kappa shape index (κ1) is 20.9. The first-order valence-corrected chi connectivity index (χ1v) is 11.2. The van der Waals surface area contributed by atoms with E-state index in [4.69, 9.17) is 16.3 Å². The van der Waals surface area contributed by atoms with Gasteiger partial charge in [0.1, 0.15) is 5.82 Å². The molecule has 2 aromatic rings. The first-order valence-electron chi connectivity index (χ1n) is 10.8. The van der Waals surface area contributed by atoms with Crippen LogP contribution < -0.4 is 15.0 Å². The summed E-state index contributed by atoms with van der Waals surface area (Å²) in [6, 6.07) is 9.20. The van der Waals surface area contributed by atoms with E-state index in [0.29, 0.717) is 17.2 Å². The number of carbonyl (C=O) groups excluding carboxylic acids is 1. The van der Waals surface area contributed by atoms with Crippen LogP contribution in [0, 0.1) is 0 Å². The average Bonchev–Trinajstić information content (AvgIpc) is 2.76. The number of halogens is 1. The van der Waals surface area contributed by atoms with E-state index in [0.717, 1.165) is 62.1 Å². The summed E-state index contributed by atoms with van der Waals surface area (Å²) in [4.78, 5) is 19.3. The van der Waals surface area contributed by atoms with Crippen molar-refractivity contribution in [3.8, 4) is 16.9 Å². The van der Waals surface area contributed by atoms with Gasteiger partial charge < -0.3 is 20.1 Å². The molecule has 6 nitrogen and oxygen atoms in total. The monoisotopic (exact) mass is 429 g/mol. The summed E-state index contributed by atoms with van der Waals surface area (Å²) in [5, 5.41) is 13.5. The molecule has 1 saturated carbocycles. The van der Waals surface area contributed by atoms with Crippen molar-refractivity contribution in [3.05, 3.63) is 41.6 Å². The number of aliphatic hydroxyl groups excluding tert-OH is 1. The molecule has 2 atom stereocenters. The molecule has 0 bridgehead atoms. The highest BCUT2D eigenvalue weighted by molar-refractivity contribution is 6.30. The van der Waals surface area contributed by atoms with Crippen LogP contribution in [-0.2, 0) is 0 Å². The summed E-state index contributed by atoms with van der Waals surface area (Å²) in [5.41, 5.74) is 1.89. The third-order valence-electron chi connectivity index (χ3n) is 5.90. The van der Waals surface area contributed by atoms with Crippen LogP contribution >= 0.6 is 11.6 Å². The molecule has 2 aliphatic rings. The Bertz CT molecular complexity index is 868. The highest BCUT2D eigenvalue weighted by Crippen LogP contribution is 2.34. The molecule has 2 N–H and O–H groups in total. The van der Waals surface area contributed by atoms with Gasteiger partial charge in [-0.25, -0.2) is 9.78 Å². The molecule has 4 rings (SSSR count). The van der Waals surface area contributed by atoms with Crippen LogP contribution in [0.1, 0.15) is 44.9 Å². The number of rotatable bonds is 4. The van der Waals surface area contributed by atoms with E-state index in [-0.39, 0.29) is 6.04 Å². The fraction of sp³-hybridized carbons (Fsp3) is 0.478. The van der Waals surface area contributed by atoms with Gasteiger partial charge in [0.05, 0.1) is 18.3 Å². The van der Waals surface area contributed by atoms with Crippen LogP contribution in [0.3, 0.4) is 0 Å². The topological polar surface area (TPSA) is 74.7 Å². The Morgan fingerprint density at radius 1 is 1.10 bits per heavy atom. The Kier molecular flexibility index (Phi) is 6.75. The number of nitrogens with zero attached hydrogens (tertiary/aromatic N) is 2. The van der Waals surface area contributed by atoms with Crippen molar-refractivity contribution >= 4 is 23.5 Å². The molecule has 7 heteroatoms. The van der Waals surface area contributed by atoms with Crippen LogP contribution in [0.5, 0.6) is 5.75 Å². The number of carbonyl (C=O) groups is 1. The van der Waals surface area contributed by atoms with Crippen LogP contribution in [0.25, 0.3) is 11.1 Å². The highest BCUT2D eigenvalue weighted by Gasteiger charge is 2.25. The molecule has 1 aromatic heterocycles. The van der Waals surface area contributed by atoms with Crippen LogP contribution in [0.15, 0.2) is 36.5 Å². The highest BCUT2D eigenvalue weighted by atomic mass is 35.5. The summed E-state index contributed by atoms with van der Waals surface area (Å²) in [7, 11) is 0. The minimum Gasteiger partial charge on any atom is -0.409 e. The quantitative estimate of drug-likeness (QED) is 0.731. The van der Waals surface area contributed by atoms with E-state index >= 15 is 0 Å². The molecule has 0 spiro atoms. The standard InChI is InChI=1S/C23H28ClN3O3/c24-17-10-8-16(9-11-17)19-14-18(15-25-22(19)27-12-4-1-5-13-27)30-23(29)26-20-6-2-3-7-21(20)28/h8-11,14-15,20-21,28H,1-7,12-13H2,(H,26,29)/t20-,21-/m1/s1. The maximum Gasteiger partial charge on any atom is 0.412 e. The second-order valence-corrected chi connectivity index (χ2v) is 8.53. The van der Waals surface area contributed by atoms with Crippen molar-refractivity contribution in [2.75, 3.05) is 18.0 Å². The molecule has 1 aliphatic heterocycles. The molecule has 0 unspecified atom stereocenters. The number of amides is 1. The summed E-state index contributed by atoms with van der Waals surface area (Å²) in [5.74, 6) is 1.27. The van der Waals surface area contributed by atoms with E-state index < -0.39 is 12.2 Å². The molecule has 30 heavy (non-hydrogen) atoms. The lowest BCUT2D eigenvalue weighted by Gasteiger charge is -2.30. The van der Waals surface area contributed by atoms with Crippen molar-refractivity contribution in [3.63, 3.8) is 0 Å². The van der Waals surface area contributed by atoms with Gasteiger partial charge in [0.15, 0.2) is 5.75 Å². The molecular weight excluding hydrogens is 402 g/mol. The maximum atomic E-state index is 12.4. The van der Waals surface area contributed by atoms with Crippen molar-refractivity contribution < 1.29 is 14.6 Å². The van der Waals surface area contributed by atoms with Crippen LogP contribution in [0.2, 0.25) is 5.02 Å². The van der Waals surface area contributed by atoms with E-state index in [9.17, 15) is 9.90 Å². The van der Waals surface area contributed by atoms with Crippen molar-refractivity contribution in [1.29, 1.82) is 0 Å². The van der Waals surface area contributed by atoms with Gasteiger partial charge in [-0.15, -0.1) is 0 Å². The fourth-order valence-corrected chi connectivity index (χ4v) is 4.39. The van der Waals surface area contributed by atoms with Crippen molar-refractivity contribution in [1.82, 2.24) is 10.3 Å². The number of benzene rings is 1. The Labute approximate surface area is 182 Å². The average molecular weight is 430 g/mol. The Balaban J connectivity index is 1.55. The molecule has 160 valence electrons. The SMILES string of the molecule is O=C(N[C@@H]1CCCC[C@H]1O)Oc1cnc(N2CCCCC2)c(-c2ccc(Cl)cc2)c1. The van der Waals surface area contributed by atoms with Crippen molar-refractivity contribution in [2.24, 2.45) is 0 Å². The van der Waals surface area contributed by atoms with E-state index in [1.807, 2.05) is 30.3 Å². The fourth-order valence-electron chi connectivity index (χ4n) is 4.26. The molecule has 0 radical (unpaired) electrons. The number of hydrogen-bond donors (Lipinski definition) is 2. The minimum atomic E-state index is -0.560. The molecule has 1 aromatic carbocycles. The lowest BCUT2D eigenvalue weighted by Crippen LogP contribution is -2.46. The van der Waals surface area contributed by atoms with Gasteiger partial charge >= 0.3 is 6.09 Å². The van der Waals surface area contributed by atoms with E-state index in [2.05, 4.69) is 15.2 Å². The van der Waals surface area contributed by atoms with Gasteiger partial charge in [-0.2, -0.15) is 0 Å². The molecular formula is C23H28ClN3O3. The minimum absolute atomic E-state index is 0.262. The smallest absolute Gasteiger partial charge is 0.409 e. The molecule has 2 fully saturated rings. The second-order valence-electron chi connectivity index (χ2n) is 8.09. The zero-order chi connectivity index (χ0) is 20.9. The predicted octanol–water partition coefficient (Wildman–Crippen LogP) is 4.78. The number of nitrogens with one attached hydrogen (secondary N) is 1. The predicted molar refractivity (Wildman–Crippen MR) is 118 cm³/mol. The summed E-state index contributed by atoms with van der Waals surface area (Å²) >= 11 is 6.07. The zero-order valence-corrected chi connectivity index (χ0v) is 17.8. The normalized spacial score (nSPS) is 21.9. The van der Waals surface area contributed by atoms with Crippen LogP contribution in [-0.4, -0.2) is 41.4 Å². The Morgan fingerprint density at radius 2 is 1.83 bits per heavy atom. The largest absolute Gasteiger partial charge is 0.412 e. The molecule has 1 amide bonds. The number of hydrogen-bond acceptors (Lipinski definition) is 5. The van der Waals surface area contributed by atoms with Crippen LogP contribution in [0.4, 0.5) is 10.6 Å². The van der Waals surface area contributed by atoms with Gasteiger partial charge in [0.2, 0.25) is 0 Å². The second kappa shape index (κ2) is 9.67. The number of aliphatic hydroxyl groups is 1. The third kappa shape index (κ3) is 5.05. The van der Waals surface area contributed by atoms with Gasteiger partial charge in [0, 0.05) is 23.7 Å². The summed E-state index contributed by atoms with van der Waals surface area (Å²) in [6.07, 6.45) is 7.50. The zero-order valence-electron chi connectivity index (χ0n) is 17.0. The van der Waals surface area contributed by atoms with Gasteiger partial charge in [-0.05, 0) is 55.9 Å². The lowest BCUT2D eigenvalue weighted by molar-refractivity contribution is 0.0892. The summed E-state index contributed by atoms with van der Waals surface area (Å²) < 4.78 is 5.53. The van der Waals surface area contributed by atoms with Gasteiger partial charge in [0.25, 0.3) is 0 Å². The number of ether oxygens (including phenoxy) is 1. The number of aromatic nitrogens is 1. The number of anilines is 1. The van der Waals surface area contributed by atoms with E-state index in [1.54, 1.807) is 6.20 Å². The first-order chi connectivity index (χ1) is 14.6. The van der Waals surface area contributed by atoms with Crippen molar-refractivity contribution in [2.45, 2.75) is 57.1 Å². The molecule has 1 aliphatic carbocycles. The Hall–Kier alpha value is -2.31. The van der Waals surface area contributed by atoms with Gasteiger partial charge in [-0.1, -0.05) is 36.6 Å². The number of piperidine rings is 1.